The molecule has 1 atom stereocenters. The lowest BCUT2D eigenvalue weighted by Gasteiger charge is -2.22. The number of aromatic nitrogens is 1. The van der Waals surface area contributed by atoms with Crippen molar-refractivity contribution in [1.82, 2.24) is 9.88 Å². The standard InChI is InChI=1S/C24H24F3N3O3S/c1-17-14-30(20-5-9-22(10-6-20)34(31,32)24(25,26)27)16-29(17)15-19-11-12-28-13-23(19)18-3-7-21(33-2)8-4-18/h3-13,17H,14-16H2,1-2H3. The highest BCUT2D eigenvalue weighted by atomic mass is 32.2. The average molecular weight is 492 g/mol. The van der Waals surface area contributed by atoms with Gasteiger partial charge in [-0.25, -0.2) is 8.42 Å². The van der Waals surface area contributed by atoms with Gasteiger partial charge in [0.15, 0.2) is 0 Å². The van der Waals surface area contributed by atoms with E-state index >= 15 is 0 Å². The van der Waals surface area contributed by atoms with Gasteiger partial charge in [-0.3, -0.25) is 9.88 Å². The zero-order valence-electron chi connectivity index (χ0n) is 18.7. The molecule has 1 fully saturated rings. The molecule has 0 spiro atoms. The van der Waals surface area contributed by atoms with Gasteiger partial charge in [-0.15, -0.1) is 0 Å². The Bertz CT molecular complexity index is 1250. The number of nitrogens with zero attached hydrogens (tertiary/aromatic N) is 3. The zero-order valence-corrected chi connectivity index (χ0v) is 19.5. The molecule has 1 aliphatic rings. The number of anilines is 1. The molecule has 10 heteroatoms. The number of benzene rings is 2. The topological polar surface area (TPSA) is 62.7 Å². The second-order valence-electron chi connectivity index (χ2n) is 8.16. The Balaban J connectivity index is 1.51. The van der Waals surface area contributed by atoms with Gasteiger partial charge in [0.1, 0.15) is 5.75 Å². The fourth-order valence-electron chi connectivity index (χ4n) is 4.02. The summed E-state index contributed by atoms with van der Waals surface area (Å²) in [5, 5.41) is 0. The van der Waals surface area contributed by atoms with E-state index in [9.17, 15) is 21.6 Å². The number of alkyl halides is 3. The molecule has 34 heavy (non-hydrogen) atoms. The van der Waals surface area contributed by atoms with Crippen LogP contribution in [-0.2, 0) is 16.4 Å². The second kappa shape index (κ2) is 9.27. The van der Waals surface area contributed by atoms with Gasteiger partial charge in [-0.2, -0.15) is 13.2 Å². The third kappa shape index (κ3) is 4.74. The minimum absolute atomic E-state index is 0.176. The molecule has 0 radical (unpaired) electrons. The van der Waals surface area contributed by atoms with Gasteiger partial charge in [0, 0.05) is 42.8 Å². The Hall–Kier alpha value is -3.11. The van der Waals surface area contributed by atoms with Crippen molar-refractivity contribution in [2.45, 2.75) is 29.9 Å². The first-order valence-electron chi connectivity index (χ1n) is 10.6. The summed E-state index contributed by atoms with van der Waals surface area (Å²) in [5.74, 6) is 0.770. The molecule has 0 aliphatic carbocycles. The van der Waals surface area contributed by atoms with Crippen LogP contribution in [0, 0.1) is 0 Å². The first kappa shape index (κ1) is 24.0. The van der Waals surface area contributed by atoms with Crippen molar-refractivity contribution in [3.05, 3.63) is 72.6 Å². The molecule has 6 nitrogen and oxygen atoms in total. The van der Waals surface area contributed by atoms with Crippen molar-refractivity contribution < 1.29 is 26.3 Å². The van der Waals surface area contributed by atoms with Crippen molar-refractivity contribution in [2.75, 3.05) is 25.2 Å². The third-order valence-corrected chi connectivity index (χ3v) is 7.47. The van der Waals surface area contributed by atoms with E-state index in [0.29, 0.717) is 25.4 Å². The number of halogens is 3. The van der Waals surface area contributed by atoms with Crippen molar-refractivity contribution in [3.63, 3.8) is 0 Å². The highest BCUT2D eigenvalue weighted by Crippen LogP contribution is 2.32. The van der Waals surface area contributed by atoms with E-state index in [1.807, 2.05) is 41.4 Å². The van der Waals surface area contributed by atoms with Gasteiger partial charge in [-0.1, -0.05) is 12.1 Å². The average Bonchev–Trinajstić information content (AvgIpc) is 3.19. The summed E-state index contributed by atoms with van der Waals surface area (Å²) in [7, 11) is -3.74. The number of rotatable bonds is 6. The highest BCUT2D eigenvalue weighted by Gasteiger charge is 2.46. The van der Waals surface area contributed by atoms with Crippen LogP contribution in [-0.4, -0.2) is 50.2 Å². The number of sulfone groups is 1. The van der Waals surface area contributed by atoms with E-state index in [-0.39, 0.29) is 6.04 Å². The molecule has 1 aromatic heterocycles. The minimum Gasteiger partial charge on any atom is -0.497 e. The van der Waals surface area contributed by atoms with Crippen LogP contribution in [0.1, 0.15) is 12.5 Å². The van der Waals surface area contributed by atoms with E-state index in [1.54, 1.807) is 13.3 Å². The highest BCUT2D eigenvalue weighted by molar-refractivity contribution is 7.92. The summed E-state index contributed by atoms with van der Waals surface area (Å²) in [5.41, 5.74) is -1.52. The number of ether oxygens (including phenoxy) is 1. The van der Waals surface area contributed by atoms with Crippen molar-refractivity contribution >= 4 is 15.5 Å². The van der Waals surface area contributed by atoms with Crippen LogP contribution < -0.4 is 9.64 Å². The lowest BCUT2D eigenvalue weighted by Crippen LogP contribution is -2.28. The molecule has 3 aromatic rings. The van der Waals surface area contributed by atoms with Gasteiger partial charge >= 0.3 is 5.51 Å². The number of methoxy groups -OCH3 is 1. The molecule has 1 unspecified atom stereocenters. The quantitative estimate of drug-likeness (QED) is 0.497. The molecule has 4 rings (SSSR count). The Morgan fingerprint density at radius 2 is 1.74 bits per heavy atom. The molecule has 2 aromatic carbocycles. The number of pyridine rings is 1. The monoisotopic (exact) mass is 491 g/mol. The normalized spacial score (nSPS) is 17.2. The lowest BCUT2D eigenvalue weighted by atomic mass is 10.0. The first-order valence-corrected chi connectivity index (χ1v) is 12.1. The molecular formula is C24H24F3N3O3S. The van der Waals surface area contributed by atoms with Crippen LogP contribution in [0.4, 0.5) is 18.9 Å². The summed E-state index contributed by atoms with van der Waals surface area (Å²) in [4.78, 5) is 7.79. The summed E-state index contributed by atoms with van der Waals surface area (Å²) < 4.78 is 66.9. The van der Waals surface area contributed by atoms with Crippen LogP contribution in [0.15, 0.2) is 71.9 Å². The number of hydrogen-bond donors (Lipinski definition) is 0. The summed E-state index contributed by atoms with van der Waals surface area (Å²) in [6.07, 6.45) is 3.58. The van der Waals surface area contributed by atoms with Gasteiger partial charge in [0.2, 0.25) is 0 Å². The lowest BCUT2D eigenvalue weighted by molar-refractivity contribution is -0.0436. The van der Waals surface area contributed by atoms with E-state index in [4.69, 9.17) is 4.74 Å². The minimum atomic E-state index is -5.36. The number of hydrogen-bond acceptors (Lipinski definition) is 6. The molecule has 1 aliphatic heterocycles. The van der Waals surface area contributed by atoms with E-state index in [1.165, 1.54) is 12.1 Å². The molecule has 1 saturated heterocycles. The van der Waals surface area contributed by atoms with Crippen LogP contribution >= 0.6 is 0 Å². The van der Waals surface area contributed by atoms with Crippen molar-refractivity contribution in [1.29, 1.82) is 0 Å². The largest absolute Gasteiger partial charge is 0.501 e. The fourth-order valence-corrected chi connectivity index (χ4v) is 4.79. The maximum absolute atomic E-state index is 12.8. The van der Waals surface area contributed by atoms with Gasteiger partial charge in [-0.05, 0) is 60.5 Å². The molecule has 180 valence electrons. The maximum Gasteiger partial charge on any atom is 0.501 e. The molecule has 0 bridgehead atoms. The summed E-state index contributed by atoms with van der Waals surface area (Å²) in [6, 6.07) is 14.8. The first-order chi connectivity index (χ1) is 16.1. The summed E-state index contributed by atoms with van der Waals surface area (Å²) >= 11 is 0. The zero-order chi connectivity index (χ0) is 24.5. The van der Waals surface area contributed by atoms with E-state index < -0.39 is 20.2 Å². The maximum atomic E-state index is 12.8. The van der Waals surface area contributed by atoms with Crippen LogP contribution in [0.5, 0.6) is 5.75 Å². The van der Waals surface area contributed by atoms with E-state index in [2.05, 4.69) is 16.8 Å². The third-order valence-electron chi connectivity index (χ3n) is 5.96. The Morgan fingerprint density at radius 3 is 2.35 bits per heavy atom. The van der Waals surface area contributed by atoms with Gasteiger partial charge in [0.05, 0.1) is 18.7 Å². The van der Waals surface area contributed by atoms with Crippen LogP contribution in [0.25, 0.3) is 11.1 Å². The Morgan fingerprint density at radius 1 is 1.06 bits per heavy atom. The van der Waals surface area contributed by atoms with Crippen molar-refractivity contribution in [2.24, 2.45) is 0 Å². The summed E-state index contributed by atoms with van der Waals surface area (Å²) in [6.45, 7) is 3.95. The second-order valence-corrected chi connectivity index (χ2v) is 10.1. The Kier molecular flexibility index (Phi) is 6.55. The molecule has 0 N–H and O–H groups in total. The molecule has 0 saturated carbocycles. The molecule has 0 amide bonds. The van der Waals surface area contributed by atoms with E-state index in [0.717, 1.165) is 34.6 Å². The molecular weight excluding hydrogens is 467 g/mol. The predicted octanol–water partition coefficient (Wildman–Crippen LogP) is 4.72. The van der Waals surface area contributed by atoms with Gasteiger partial charge in [0.25, 0.3) is 9.84 Å². The Labute approximate surface area is 196 Å². The SMILES string of the molecule is COc1ccc(-c2cnccc2CN2CN(c3ccc(S(=O)(=O)C(F)(F)F)cc3)CC2C)cc1. The predicted molar refractivity (Wildman–Crippen MR) is 123 cm³/mol. The van der Waals surface area contributed by atoms with Crippen LogP contribution in [0.3, 0.4) is 0 Å². The van der Waals surface area contributed by atoms with Crippen molar-refractivity contribution in [3.8, 4) is 16.9 Å². The van der Waals surface area contributed by atoms with Gasteiger partial charge < -0.3 is 9.64 Å². The molecule has 2 heterocycles. The van der Waals surface area contributed by atoms with Crippen LogP contribution in [0.2, 0.25) is 0 Å². The fraction of sp³-hybridized carbons (Fsp3) is 0.292. The smallest absolute Gasteiger partial charge is 0.497 e.